The summed E-state index contributed by atoms with van der Waals surface area (Å²) in [6, 6.07) is 0. The summed E-state index contributed by atoms with van der Waals surface area (Å²) in [5, 5.41) is 0. The van der Waals surface area contributed by atoms with E-state index in [2.05, 4.69) is 21.8 Å². The lowest BCUT2D eigenvalue weighted by atomic mass is 9.80. The fourth-order valence-corrected chi connectivity index (χ4v) is 3.55. The Morgan fingerprint density at radius 3 is 3.05 bits per heavy atom. The molecule has 3 rings (SSSR count). The van der Waals surface area contributed by atoms with Gasteiger partial charge in [-0.25, -0.2) is 4.98 Å². The first-order valence-electron chi connectivity index (χ1n) is 8.08. The Kier molecular flexibility index (Phi) is 4.69. The van der Waals surface area contributed by atoms with Crippen molar-refractivity contribution in [1.82, 2.24) is 19.8 Å². The minimum atomic E-state index is -0.0144. The zero-order valence-electron chi connectivity index (χ0n) is 13.2. The quantitative estimate of drug-likeness (QED) is 0.817. The Hall–Kier alpha value is -1.53. The molecular weight excluding hydrogens is 280 g/mol. The molecule has 2 fully saturated rings. The summed E-state index contributed by atoms with van der Waals surface area (Å²) in [6.45, 7) is 8.28. The van der Waals surface area contributed by atoms with Gasteiger partial charge in [-0.15, -0.1) is 0 Å². The van der Waals surface area contributed by atoms with Crippen molar-refractivity contribution in [2.24, 2.45) is 5.41 Å². The lowest BCUT2D eigenvalue weighted by Gasteiger charge is -2.43. The number of carbonyl (C=O) groups excluding carboxylic acids is 1. The van der Waals surface area contributed by atoms with Gasteiger partial charge in [-0.2, -0.15) is 0 Å². The maximum Gasteiger partial charge on any atom is 0.274 e. The molecular formula is C16H24N4O2. The monoisotopic (exact) mass is 304 g/mol. The van der Waals surface area contributed by atoms with Crippen LogP contribution in [0.25, 0.3) is 0 Å². The number of hydrogen-bond donors (Lipinski definition) is 0. The number of aromatic nitrogens is 2. The standard InChI is InChI=1S/C16H24N4O2/c1-2-19-8-9-22-13-16(11-19)4-3-7-20(12-16)15(21)14-10-17-5-6-18-14/h5-6,10H,2-4,7-9,11-13H2,1H3/t16-/m0/s1. The van der Waals surface area contributed by atoms with E-state index in [0.29, 0.717) is 5.69 Å². The molecule has 0 N–H and O–H groups in total. The summed E-state index contributed by atoms with van der Waals surface area (Å²) in [5.41, 5.74) is 0.490. The van der Waals surface area contributed by atoms with Gasteiger partial charge < -0.3 is 14.5 Å². The van der Waals surface area contributed by atoms with Crippen molar-refractivity contribution < 1.29 is 9.53 Å². The number of ether oxygens (including phenoxy) is 1. The van der Waals surface area contributed by atoms with Gasteiger partial charge in [0.1, 0.15) is 5.69 Å². The van der Waals surface area contributed by atoms with Gasteiger partial charge in [0.15, 0.2) is 0 Å². The van der Waals surface area contributed by atoms with Crippen LogP contribution in [0.3, 0.4) is 0 Å². The van der Waals surface area contributed by atoms with Gasteiger partial charge in [0.2, 0.25) is 0 Å². The lowest BCUT2D eigenvalue weighted by Crippen LogP contribution is -2.52. The number of nitrogens with zero attached hydrogens (tertiary/aromatic N) is 4. The van der Waals surface area contributed by atoms with E-state index in [1.54, 1.807) is 18.6 Å². The molecule has 1 atom stereocenters. The number of likely N-dealkylation sites (tertiary alicyclic amines) is 1. The van der Waals surface area contributed by atoms with Crippen molar-refractivity contribution in [3.63, 3.8) is 0 Å². The minimum Gasteiger partial charge on any atom is -0.379 e. The fraction of sp³-hybridized carbons (Fsp3) is 0.688. The SMILES string of the molecule is CCN1CCOC[C@@]2(CCCN(C(=O)c3cnccn3)C2)C1. The number of likely N-dealkylation sites (N-methyl/N-ethyl adjacent to an activating group) is 1. The van der Waals surface area contributed by atoms with E-state index in [-0.39, 0.29) is 11.3 Å². The molecule has 22 heavy (non-hydrogen) atoms. The summed E-state index contributed by atoms with van der Waals surface area (Å²) < 4.78 is 5.85. The average Bonchev–Trinajstić information content (AvgIpc) is 2.77. The van der Waals surface area contributed by atoms with E-state index in [1.807, 2.05) is 4.90 Å². The van der Waals surface area contributed by atoms with Crippen LogP contribution < -0.4 is 0 Å². The zero-order valence-corrected chi connectivity index (χ0v) is 13.2. The maximum absolute atomic E-state index is 12.6. The van der Waals surface area contributed by atoms with E-state index in [0.717, 1.165) is 58.8 Å². The van der Waals surface area contributed by atoms with Crippen LogP contribution in [0.1, 0.15) is 30.3 Å². The van der Waals surface area contributed by atoms with Crippen molar-refractivity contribution in [1.29, 1.82) is 0 Å². The van der Waals surface area contributed by atoms with Gasteiger partial charge in [0.25, 0.3) is 5.91 Å². The van der Waals surface area contributed by atoms with Gasteiger partial charge in [-0.3, -0.25) is 9.78 Å². The van der Waals surface area contributed by atoms with Crippen LogP contribution in [0.2, 0.25) is 0 Å². The first kappa shape index (κ1) is 15.4. The molecule has 1 aromatic rings. The molecule has 0 saturated carbocycles. The molecule has 1 amide bonds. The summed E-state index contributed by atoms with van der Waals surface area (Å²) in [6.07, 6.45) is 6.85. The van der Waals surface area contributed by atoms with Crippen molar-refractivity contribution in [3.8, 4) is 0 Å². The molecule has 0 unspecified atom stereocenters. The number of rotatable bonds is 2. The molecule has 6 nitrogen and oxygen atoms in total. The van der Waals surface area contributed by atoms with Gasteiger partial charge in [-0.1, -0.05) is 6.92 Å². The molecule has 3 heterocycles. The largest absolute Gasteiger partial charge is 0.379 e. The smallest absolute Gasteiger partial charge is 0.274 e. The third-order valence-electron chi connectivity index (χ3n) is 4.70. The Labute approximate surface area is 131 Å². The van der Waals surface area contributed by atoms with Crippen molar-refractivity contribution >= 4 is 5.91 Å². The van der Waals surface area contributed by atoms with Gasteiger partial charge in [-0.05, 0) is 19.4 Å². The van der Waals surface area contributed by atoms with Crippen molar-refractivity contribution in [2.45, 2.75) is 19.8 Å². The number of piperidine rings is 1. The first-order chi connectivity index (χ1) is 10.7. The highest BCUT2D eigenvalue weighted by Gasteiger charge is 2.40. The van der Waals surface area contributed by atoms with Crippen LogP contribution in [-0.2, 0) is 4.74 Å². The molecule has 0 radical (unpaired) electrons. The predicted molar refractivity (Wildman–Crippen MR) is 82.5 cm³/mol. The normalized spacial score (nSPS) is 26.9. The lowest BCUT2D eigenvalue weighted by molar-refractivity contribution is 0.00741. The summed E-state index contributed by atoms with van der Waals surface area (Å²) >= 11 is 0. The second-order valence-corrected chi connectivity index (χ2v) is 6.34. The molecule has 2 saturated heterocycles. The molecule has 2 aliphatic heterocycles. The molecule has 0 aliphatic carbocycles. The Balaban J connectivity index is 1.74. The van der Waals surface area contributed by atoms with Crippen molar-refractivity contribution in [3.05, 3.63) is 24.3 Å². The molecule has 2 aliphatic rings. The highest BCUT2D eigenvalue weighted by atomic mass is 16.5. The van der Waals surface area contributed by atoms with Crippen LogP contribution in [0, 0.1) is 5.41 Å². The predicted octanol–water partition coefficient (Wildman–Crippen LogP) is 1.05. The number of amides is 1. The van der Waals surface area contributed by atoms with Crippen LogP contribution in [0.5, 0.6) is 0 Å². The fourth-order valence-electron chi connectivity index (χ4n) is 3.55. The minimum absolute atomic E-state index is 0.0144. The first-order valence-corrected chi connectivity index (χ1v) is 8.08. The average molecular weight is 304 g/mol. The number of carbonyl (C=O) groups is 1. The van der Waals surface area contributed by atoms with E-state index in [4.69, 9.17) is 4.74 Å². The van der Waals surface area contributed by atoms with E-state index in [9.17, 15) is 4.79 Å². The summed E-state index contributed by atoms with van der Waals surface area (Å²) in [7, 11) is 0. The van der Waals surface area contributed by atoms with E-state index < -0.39 is 0 Å². The van der Waals surface area contributed by atoms with E-state index >= 15 is 0 Å². The Bertz CT molecular complexity index is 510. The van der Waals surface area contributed by atoms with Crippen LogP contribution in [0.15, 0.2) is 18.6 Å². The van der Waals surface area contributed by atoms with Crippen LogP contribution in [-0.4, -0.2) is 71.6 Å². The maximum atomic E-state index is 12.6. The van der Waals surface area contributed by atoms with Crippen molar-refractivity contribution in [2.75, 3.05) is 45.9 Å². The molecule has 120 valence electrons. The highest BCUT2D eigenvalue weighted by molar-refractivity contribution is 5.92. The third-order valence-corrected chi connectivity index (χ3v) is 4.70. The van der Waals surface area contributed by atoms with Gasteiger partial charge in [0.05, 0.1) is 19.4 Å². The Morgan fingerprint density at radius 1 is 1.36 bits per heavy atom. The molecule has 6 heteroatoms. The molecule has 1 spiro atoms. The second kappa shape index (κ2) is 6.71. The van der Waals surface area contributed by atoms with Crippen LogP contribution in [0.4, 0.5) is 0 Å². The second-order valence-electron chi connectivity index (χ2n) is 6.34. The van der Waals surface area contributed by atoms with E-state index in [1.165, 1.54) is 0 Å². The molecule has 0 aromatic carbocycles. The highest BCUT2D eigenvalue weighted by Crippen LogP contribution is 2.33. The third kappa shape index (κ3) is 3.28. The number of hydrogen-bond acceptors (Lipinski definition) is 5. The summed E-state index contributed by atoms with van der Waals surface area (Å²) in [4.78, 5) is 25.1. The molecule has 1 aromatic heterocycles. The topological polar surface area (TPSA) is 58.6 Å². The zero-order chi connectivity index (χ0) is 15.4. The molecule has 0 bridgehead atoms. The van der Waals surface area contributed by atoms with Gasteiger partial charge in [0, 0.05) is 44.0 Å². The summed E-state index contributed by atoms with van der Waals surface area (Å²) in [5.74, 6) is -0.0144. The Morgan fingerprint density at radius 2 is 2.27 bits per heavy atom. The van der Waals surface area contributed by atoms with Gasteiger partial charge >= 0.3 is 0 Å². The van der Waals surface area contributed by atoms with Crippen LogP contribution >= 0.6 is 0 Å².